The van der Waals surface area contributed by atoms with Gasteiger partial charge in [-0.05, 0) is 13.8 Å². The van der Waals surface area contributed by atoms with Gasteiger partial charge < -0.3 is 9.80 Å². The molecular formula is C8H16N2. The zero-order valence-corrected chi connectivity index (χ0v) is 7.26. The van der Waals surface area contributed by atoms with Crippen LogP contribution in [-0.4, -0.2) is 36.0 Å². The lowest BCUT2D eigenvalue weighted by atomic mass is 10.2. The number of nitrogens with zero attached hydrogens (tertiary/aromatic N) is 2. The van der Waals surface area contributed by atoms with E-state index in [1.54, 1.807) is 0 Å². The number of hydrogen-bond donors (Lipinski definition) is 0. The van der Waals surface area contributed by atoms with Gasteiger partial charge in [0.1, 0.15) is 0 Å². The third-order valence-corrected chi connectivity index (χ3v) is 2.73. The number of rotatable bonds is 0. The van der Waals surface area contributed by atoms with Crippen LogP contribution in [0.25, 0.3) is 0 Å². The molecule has 0 bridgehead atoms. The third-order valence-electron chi connectivity index (χ3n) is 2.73. The van der Waals surface area contributed by atoms with Gasteiger partial charge >= 0.3 is 0 Å². The number of likely N-dealkylation sites (N-methyl/N-ethyl adjacent to an activating group) is 2. The van der Waals surface area contributed by atoms with Crippen molar-refractivity contribution in [2.24, 2.45) is 0 Å². The summed E-state index contributed by atoms with van der Waals surface area (Å²) in [7, 11) is 4.18. The fraction of sp³-hybridized carbons (Fsp3) is 0.750. The Kier molecular flexibility index (Phi) is 1.63. The van der Waals surface area contributed by atoms with Gasteiger partial charge in [0.15, 0.2) is 0 Å². The standard InChI is InChI=1S/C8H16N2/c1-6-7(2)10(5)8(3)9(6)4/h6-7H,3H2,1-2,4-5H3. The second-order valence-electron chi connectivity index (χ2n) is 3.12. The first-order chi connectivity index (χ1) is 4.55. The summed E-state index contributed by atoms with van der Waals surface area (Å²) in [5.74, 6) is 1.13. The topological polar surface area (TPSA) is 6.48 Å². The molecule has 1 saturated heterocycles. The van der Waals surface area contributed by atoms with E-state index in [2.05, 4.69) is 44.3 Å². The van der Waals surface area contributed by atoms with Crippen LogP contribution >= 0.6 is 0 Å². The average Bonchev–Trinajstić information content (AvgIpc) is 2.07. The van der Waals surface area contributed by atoms with E-state index in [0.29, 0.717) is 12.1 Å². The van der Waals surface area contributed by atoms with E-state index >= 15 is 0 Å². The van der Waals surface area contributed by atoms with Gasteiger partial charge in [0, 0.05) is 26.2 Å². The SMILES string of the molecule is C=C1N(C)C(C)C(C)N1C. The van der Waals surface area contributed by atoms with Crippen LogP contribution in [0, 0.1) is 0 Å². The minimum atomic E-state index is 0.595. The highest BCUT2D eigenvalue weighted by Crippen LogP contribution is 2.23. The molecule has 1 aliphatic rings. The van der Waals surface area contributed by atoms with Crippen molar-refractivity contribution in [2.45, 2.75) is 25.9 Å². The van der Waals surface area contributed by atoms with Crippen molar-refractivity contribution in [3.8, 4) is 0 Å². The van der Waals surface area contributed by atoms with E-state index < -0.39 is 0 Å². The van der Waals surface area contributed by atoms with Crippen molar-refractivity contribution in [1.29, 1.82) is 0 Å². The molecule has 0 aromatic rings. The summed E-state index contributed by atoms with van der Waals surface area (Å²) in [5, 5.41) is 0. The largest absolute Gasteiger partial charge is 0.357 e. The second-order valence-corrected chi connectivity index (χ2v) is 3.12. The molecule has 1 heterocycles. The van der Waals surface area contributed by atoms with Crippen molar-refractivity contribution >= 4 is 0 Å². The molecule has 0 aliphatic carbocycles. The zero-order chi connectivity index (χ0) is 7.89. The van der Waals surface area contributed by atoms with Crippen molar-refractivity contribution < 1.29 is 0 Å². The van der Waals surface area contributed by atoms with E-state index in [4.69, 9.17) is 0 Å². The maximum absolute atomic E-state index is 3.97. The summed E-state index contributed by atoms with van der Waals surface area (Å²) < 4.78 is 0. The Morgan fingerprint density at radius 1 is 1.10 bits per heavy atom. The van der Waals surface area contributed by atoms with Crippen LogP contribution in [0.5, 0.6) is 0 Å². The molecule has 0 amide bonds. The smallest absolute Gasteiger partial charge is 0.0966 e. The Bertz CT molecular complexity index is 137. The van der Waals surface area contributed by atoms with Crippen LogP contribution in [0.1, 0.15) is 13.8 Å². The Hall–Kier alpha value is -0.660. The van der Waals surface area contributed by atoms with Crippen molar-refractivity contribution in [2.75, 3.05) is 14.1 Å². The Morgan fingerprint density at radius 3 is 1.50 bits per heavy atom. The van der Waals surface area contributed by atoms with E-state index in [9.17, 15) is 0 Å². The highest BCUT2D eigenvalue weighted by atomic mass is 15.4. The van der Waals surface area contributed by atoms with Crippen LogP contribution in [-0.2, 0) is 0 Å². The molecule has 0 aromatic carbocycles. The maximum Gasteiger partial charge on any atom is 0.0966 e. The molecule has 1 aliphatic heterocycles. The molecule has 0 aromatic heterocycles. The van der Waals surface area contributed by atoms with Gasteiger partial charge in [0.25, 0.3) is 0 Å². The minimum Gasteiger partial charge on any atom is -0.357 e. The highest BCUT2D eigenvalue weighted by Gasteiger charge is 2.30. The second kappa shape index (κ2) is 2.19. The van der Waals surface area contributed by atoms with Crippen LogP contribution in [0.2, 0.25) is 0 Å². The lowest BCUT2D eigenvalue weighted by Gasteiger charge is -2.17. The maximum atomic E-state index is 3.97. The first-order valence-corrected chi connectivity index (χ1v) is 3.70. The summed E-state index contributed by atoms with van der Waals surface area (Å²) in [6, 6.07) is 1.19. The fourth-order valence-corrected chi connectivity index (χ4v) is 1.37. The van der Waals surface area contributed by atoms with E-state index in [-0.39, 0.29) is 0 Å². The summed E-state index contributed by atoms with van der Waals surface area (Å²) in [6.07, 6.45) is 0. The van der Waals surface area contributed by atoms with Gasteiger partial charge in [-0.25, -0.2) is 0 Å². The third kappa shape index (κ3) is 0.789. The molecule has 0 saturated carbocycles. The first-order valence-electron chi connectivity index (χ1n) is 3.70. The van der Waals surface area contributed by atoms with Crippen LogP contribution in [0.3, 0.4) is 0 Å². The van der Waals surface area contributed by atoms with Gasteiger partial charge in [-0.2, -0.15) is 0 Å². The molecule has 2 unspecified atom stereocenters. The van der Waals surface area contributed by atoms with E-state index in [1.165, 1.54) is 0 Å². The van der Waals surface area contributed by atoms with Gasteiger partial charge in [0.05, 0.1) is 5.82 Å². The molecule has 1 rings (SSSR count). The molecule has 2 heteroatoms. The highest BCUT2D eigenvalue weighted by molar-refractivity contribution is 5.04. The van der Waals surface area contributed by atoms with Gasteiger partial charge in [-0.3, -0.25) is 0 Å². The Morgan fingerprint density at radius 2 is 1.40 bits per heavy atom. The summed E-state index contributed by atoms with van der Waals surface area (Å²) in [4.78, 5) is 4.43. The van der Waals surface area contributed by atoms with Crippen LogP contribution in [0.15, 0.2) is 12.4 Å². The summed E-state index contributed by atoms with van der Waals surface area (Å²) >= 11 is 0. The number of hydrogen-bond acceptors (Lipinski definition) is 2. The fourth-order valence-electron chi connectivity index (χ4n) is 1.37. The Labute approximate surface area is 63.1 Å². The minimum absolute atomic E-state index is 0.595. The summed E-state index contributed by atoms with van der Waals surface area (Å²) in [6.45, 7) is 8.41. The van der Waals surface area contributed by atoms with Crippen LogP contribution in [0.4, 0.5) is 0 Å². The molecule has 2 atom stereocenters. The predicted molar refractivity (Wildman–Crippen MR) is 43.6 cm³/mol. The van der Waals surface area contributed by atoms with Crippen molar-refractivity contribution in [3.05, 3.63) is 12.4 Å². The molecule has 58 valence electrons. The van der Waals surface area contributed by atoms with E-state index in [1.807, 2.05) is 0 Å². The van der Waals surface area contributed by atoms with Gasteiger partial charge in [-0.15, -0.1) is 0 Å². The monoisotopic (exact) mass is 140 g/mol. The summed E-state index contributed by atoms with van der Waals surface area (Å²) in [5.41, 5.74) is 0. The zero-order valence-electron chi connectivity index (χ0n) is 7.26. The van der Waals surface area contributed by atoms with Gasteiger partial charge in [-0.1, -0.05) is 6.58 Å². The Balaban J connectivity index is 2.78. The lowest BCUT2D eigenvalue weighted by Crippen LogP contribution is -2.29. The predicted octanol–water partition coefficient (Wildman–Crippen LogP) is 1.11. The lowest BCUT2D eigenvalue weighted by molar-refractivity contribution is 0.344. The molecule has 1 fully saturated rings. The van der Waals surface area contributed by atoms with Gasteiger partial charge in [0.2, 0.25) is 0 Å². The van der Waals surface area contributed by atoms with Crippen molar-refractivity contribution in [3.63, 3.8) is 0 Å². The normalized spacial score (nSPS) is 33.8. The molecular weight excluding hydrogens is 124 g/mol. The molecule has 10 heavy (non-hydrogen) atoms. The quantitative estimate of drug-likeness (QED) is 0.497. The average molecular weight is 140 g/mol. The van der Waals surface area contributed by atoms with Crippen LogP contribution < -0.4 is 0 Å². The molecule has 0 spiro atoms. The molecule has 2 nitrogen and oxygen atoms in total. The molecule has 0 N–H and O–H groups in total. The first kappa shape index (κ1) is 7.45. The van der Waals surface area contributed by atoms with Crippen molar-refractivity contribution in [1.82, 2.24) is 9.80 Å². The van der Waals surface area contributed by atoms with E-state index in [0.717, 1.165) is 5.82 Å². The molecule has 0 radical (unpaired) electrons.